The average Bonchev–Trinajstić information content (AvgIpc) is 3.36. The SMILES string of the molecule is O=C(Cc1ccsc1)N1C[C@H]2O[C@]3(C1)CN(C1CCSCC1)C[C@@H]3[C@@H]2CO. The number of ether oxygens (including phenoxy) is 1. The highest BCUT2D eigenvalue weighted by atomic mass is 32.2. The Bertz CT molecular complexity index is 679. The third-order valence-electron chi connectivity index (χ3n) is 7.02. The van der Waals surface area contributed by atoms with Gasteiger partial charge in [-0.15, -0.1) is 0 Å². The number of thioether (sulfide) groups is 1. The summed E-state index contributed by atoms with van der Waals surface area (Å²) in [5.74, 6) is 3.20. The number of nitrogens with zero attached hydrogens (tertiary/aromatic N) is 2. The van der Waals surface area contributed by atoms with Gasteiger partial charge in [0.1, 0.15) is 5.60 Å². The first-order valence-electron chi connectivity index (χ1n) is 10.1. The van der Waals surface area contributed by atoms with Crippen molar-refractivity contribution in [3.05, 3.63) is 22.4 Å². The van der Waals surface area contributed by atoms with Gasteiger partial charge in [-0.05, 0) is 46.7 Å². The van der Waals surface area contributed by atoms with Crippen molar-refractivity contribution in [1.82, 2.24) is 9.80 Å². The van der Waals surface area contributed by atoms with Crippen LogP contribution in [0.1, 0.15) is 18.4 Å². The predicted molar refractivity (Wildman–Crippen MR) is 108 cm³/mol. The average molecular weight is 409 g/mol. The van der Waals surface area contributed by atoms with Gasteiger partial charge in [0, 0.05) is 44.1 Å². The van der Waals surface area contributed by atoms with Crippen LogP contribution in [0.3, 0.4) is 0 Å². The van der Waals surface area contributed by atoms with E-state index in [2.05, 4.69) is 22.0 Å². The largest absolute Gasteiger partial charge is 0.396 e. The first-order chi connectivity index (χ1) is 13.2. The van der Waals surface area contributed by atoms with Crippen LogP contribution in [0.5, 0.6) is 0 Å². The lowest BCUT2D eigenvalue weighted by Gasteiger charge is -2.41. The van der Waals surface area contributed by atoms with E-state index in [1.165, 1.54) is 24.3 Å². The number of hydrogen-bond acceptors (Lipinski definition) is 6. The summed E-state index contributed by atoms with van der Waals surface area (Å²) in [4.78, 5) is 17.6. The number of morpholine rings is 1. The van der Waals surface area contributed by atoms with E-state index in [0.29, 0.717) is 31.5 Å². The minimum atomic E-state index is -0.273. The molecule has 5 rings (SSSR count). The second-order valence-corrected chi connectivity index (χ2v) is 10.5. The lowest BCUT2D eigenvalue weighted by Crippen LogP contribution is -2.56. The molecule has 1 aromatic heterocycles. The van der Waals surface area contributed by atoms with E-state index < -0.39 is 0 Å². The Morgan fingerprint density at radius 2 is 2.15 bits per heavy atom. The quantitative estimate of drug-likeness (QED) is 0.822. The zero-order valence-corrected chi connectivity index (χ0v) is 17.2. The van der Waals surface area contributed by atoms with Crippen LogP contribution < -0.4 is 0 Å². The Morgan fingerprint density at radius 1 is 1.30 bits per heavy atom. The van der Waals surface area contributed by atoms with E-state index in [4.69, 9.17) is 4.74 Å². The van der Waals surface area contributed by atoms with Crippen LogP contribution in [0.25, 0.3) is 0 Å². The number of aliphatic hydroxyl groups excluding tert-OH is 1. The molecule has 5 nitrogen and oxygen atoms in total. The van der Waals surface area contributed by atoms with Gasteiger partial charge in [0.25, 0.3) is 0 Å². The van der Waals surface area contributed by atoms with E-state index in [-0.39, 0.29) is 30.1 Å². The molecule has 7 heteroatoms. The van der Waals surface area contributed by atoms with E-state index in [1.807, 2.05) is 16.3 Å². The van der Waals surface area contributed by atoms with Crippen molar-refractivity contribution in [2.45, 2.75) is 37.0 Å². The predicted octanol–water partition coefficient (Wildman–Crippen LogP) is 1.71. The standard InChI is InChI=1S/C20H28N2O3S2/c23-10-16-17-8-21(15-2-5-26-6-3-15)12-20(17)13-22(9-18(16)25-20)19(24)7-14-1-4-27-11-14/h1,4,11,15-18,23H,2-3,5-10,12-13H2/t16-,17+,18+,20-/m0/s1. The molecule has 148 valence electrons. The van der Waals surface area contributed by atoms with Crippen molar-refractivity contribution in [3.63, 3.8) is 0 Å². The monoisotopic (exact) mass is 408 g/mol. The van der Waals surface area contributed by atoms with Crippen molar-refractivity contribution < 1.29 is 14.6 Å². The summed E-state index contributed by atoms with van der Waals surface area (Å²) in [5, 5.41) is 14.2. The Labute approximate surface area is 169 Å². The Morgan fingerprint density at radius 3 is 2.89 bits per heavy atom. The van der Waals surface area contributed by atoms with Crippen LogP contribution in [-0.4, -0.2) is 82.9 Å². The molecule has 0 radical (unpaired) electrons. The third kappa shape index (κ3) is 3.25. The molecular formula is C20H28N2O3S2. The van der Waals surface area contributed by atoms with Crippen LogP contribution in [0.15, 0.2) is 16.8 Å². The fraction of sp³-hybridized carbons (Fsp3) is 0.750. The van der Waals surface area contributed by atoms with E-state index in [0.717, 1.165) is 18.7 Å². The molecule has 1 spiro atoms. The molecule has 4 atom stereocenters. The highest BCUT2D eigenvalue weighted by Gasteiger charge is 2.63. The molecule has 4 aliphatic rings. The maximum atomic E-state index is 12.9. The molecule has 4 fully saturated rings. The summed E-state index contributed by atoms with van der Waals surface area (Å²) in [7, 11) is 0. The summed E-state index contributed by atoms with van der Waals surface area (Å²) >= 11 is 3.70. The molecule has 0 aromatic carbocycles. The molecule has 1 N–H and O–H groups in total. The molecule has 1 aromatic rings. The molecule has 5 heterocycles. The van der Waals surface area contributed by atoms with Crippen LogP contribution in [0.4, 0.5) is 0 Å². The summed E-state index contributed by atoms with van der Waals surface area (Å²) in [6, 6.07) is 2.68. The lowest BCUT2D eigenvalue weighted by atomic mass is 9.83. The van der Waals surface area contributed by atoms with Crippen LogP contribution in [0, 0.1) is 11.8 Å². The van der Waals surface area contributed by atoms with Gasteiger partial charge in [-0.2, -0.15) is 23.1 Å². The van der Waals surface area contributed by atoms with Crippen LogP contribution in [-0.2, 0) is 16.0 Å². The maximum absolute atomic E-state index is 12.9. The molecule has 4 aliphatic heterocycles. The third-order valence-corrected chi connectivity index (χ3v) is 8.80. The Balaban J connectivity index is 1.34. The van der Waals surface area contributed by atoms with Crippen LogP contribution in [0.2, 0.25) is 0 Å². The number of rotatable bonds is 4. The number of aliphatic hydroxyl groups is 1. The summed E-state index contributed by atoms with van der Waals surface area (Å²) in [6.07, 6.45) is 2.97. The van der Waals surface area contributed by atoms with Gasteiger partial charge in [0.05, 0.1) is 19.1 Å². The van der Waals surface area contributed by atoms with Gasteiger partial charge < -0.3 is 14.7 Å². The Hall–Kier alpha value is -0.600. The molecule has 1 amide bonds. The molecular weight excluding hydrogens is 380 g/mol. The zero-order valence-electron chi connectivity index (χ0n) is 15.6. The van der Waals surface area contributed by atoms with Gasteiger partial charge in [-0.3, -0.25) is 9.69 Å². The van der Waals surface area contributed by atoms with Crippen molar-refractivity contribution in [3.8, 4) is 0 Å². The van der Waals surface area contributed by atoms with Crippen LogP contribution >= 0.6 is 23.1 Å². The number of hydrogen-bond donors (Lipinski definition) is 1. The van der Waals surface area contributed by atoms with Gasteiger partial charge in [0.2, 0.25) is 5.91 Å². The van der Waals surface area contributed by atoms with Gasteiger partial charge in [-0.1, -0.05) is 0 Å². The second kappa shape index (κ2) is 7.34. The van der Waals surface area contributed by atoms with Gasteiger partial charge >= 0.3 is 0 Å². The smallest absolute Gasteiger partial charge is 0.227 e. The maximum Gasteiger partial charge on any atom is 0.227 e. The van der Waals surface area contributed by atoms with Crippen molar-refractivity contribution in [2.24, 2.45) is 11.8 Å². The first-order valence-corrected chi connectivity index (χ1v) is 12.2. The summed E-state index contributed by atoms with van der Waals surface area (Å²) in [6.45, 7) is 3.42. The van der Waals surface area contributed by atoms with Crippen molar-refractivity contribution in [1.29, 1.82) is 0 Å². The number of carbonyl (C=O) groups is 1. The van der Waals surface area contributed by atoms with Crippen molar-refractivity contribution in [2.75, 3.05) is 44.3 Å². The Kier molecular flexibility index (Phi) is 5.01. The van der Waals surface area contributed by atoms with E-state index in [1.54, 1.807) is 11.3 Å². The molecule has 0 aliphatic carbocycles. The zero-order chi connectivity index (χ0) is 18.4. The first kappa shape index (κ1) is 18.4. The van der Waals surface area contributed by atoms with E-state index >= 15 is 0 Å². The lowest BCUT2D eigenvalue weighted by molar-refractivity contribution is -0.153. The molecule has 4 saturated heterocycles. The number of thiophene rings is 1. The number of carbonyl (C=O) groups excluding carboxylic acids is 1. The molecule has 0 saturated carbocycles. The summed E-state index contributed by atoms with van der Waals surface area (Å²) < 4.78 is 6.55. The van der Waals surface area contributed by atoms with Crippen molar-refractivity contribution >= 4 is 29.0 Å². The van der Waals surface area contributed by atoms with E-state index in [9.17, 15) is 9.90 Å². The minimum Gasteiger partial charge on any atom is -0.396 e. The number of likely N-dealkylation sites (tertiary alicyclic amines) is 2. The van der Waals surface area contributed by atoms with Gasteiger partial charge in [0.15, 0.2) is 0 Å². The molecule has 2 bridgehead atoms. The highest BCUT2D eigenvalue weighted by Crippen LogP contribution is 2.50. The second-order valence-electron chi connectivity index (χ2n) is 8.53. The molecule has 0 unspecified atom stereocenters. The topological polar surface area (TPSA) is 53.0 Å². The molecule has 27 heavy (non-hydrogen) atoms. The fourth-order valence-electron chi connectivity index (χ4n) is 5.67. The normalized spacial score (nSPS) is 36.9. The number of fused-ring (bicyclic) bond motifs is 1. The highest BCUT2D eigenvalue weighted by molar-refractivity contribution is 7.99. The number of amides is 1. The fourth-order valence-corrected chi connectivity index (χ4v) is 7.42. The minimum absolute atomic E-state index is 0.00997. The van der Waals surface area contributed by atoms with Gasteiger partial charge in [-0.25, -0.2) is 0 Å². The summed E-state index contributed by atoms with van der Waals surface area (Å²) in [5.41, 5.74) is 0.829.